The SMILES string of the molecule is C[C@@H]1OC[C@@H](O)[C@H](CN(CCOc2ccc(CCCCN(C(=N)N)C(=O)c3nc(Cl)c(N)nc3N)cc2)C[C@@H]2O[C@H](C)OC[C@H]2O)O1. The molecule has 0 bridgehead atoms. The van der Waals surface area contributed by atoms with Crippen LogP contribution < -0.4 is 21.9 Å². The van der Waals surface area contributed by atoms with Gasteiger partial charge < -0.3 is 51.1 Å². The Balaban J connectivity index is 1.25. The molecule has 4 rings (SSSR count). The molecule has 17 heteroatoms. The van der Waals surface area contributed by atoms with E-state index in [4.69, 9.17) is 57.9 Å². The Labute approximate surface area is 278 Å². The van der Waals surface area contributed by atoms with Crippen molar-refractivity contribution in [1.82, 2.24) is 19.8 Å². The van der Waals surface area contributed by atoms with Gasteiger partial charge in [0.25, 0.3) is 5.91 Å². The molecule has 0 spiro atoms. The van der Waals surface area contributed by atoms with E-state index in [-0.39, 0.29) is 42.2 Å². The fourth-order valence-electron chi connectivity index (χ4n) is 5.23. The number of nitrogens with one attached hydrogen (secondary N) is 1. The number of halogens is 1. The fraction of sp³-hybridized carbons (Fsp3) is 0.600. The van der Waals surface area contributed by atoms with Crippen molar-refractivity contribution < 1.29 is 38.7 Å². The number of hydrogen-bond acceptors (Lipinski definition) is 14. The van der Waals surface area contributed by atoms with Crippen molar-refractivity contribution in [2.24, 2.45) is 5.73 Å². The number of guanidine groups is 1. The first-order valence-electron chi connectivity index (χ1n) is 15.5. The first-order valence-corrected chi connectivity index (χ1v) is 15.9. The van der Waals surface area contributed by atoms with E-state index in [2.05, 4.69) is 9.97 Å². The number of rotatable bonds is 14. The van der Waals surface area contributed by atoms with Crippen LogP contribution in [0.3, 0.4) is 0 Å². The molecule has 9 N–H and O–H groups in total. The van der Waals surface area contributed by atoms with Crippen LogP contribution in [-0.4, -0.2) is 125 Å². The standard InChI is InChI=1S/C30H45ClN8O8/c1-17-44-15-21(40)23(46-17)13-38(14-24-22(41)16-45-18(2)47-24)11-12-43-20-8-6-19(7-9-20)5-3-4-10-39(30(34)35)29(42)25-27(32)37-28(33)26(31)36-25/h6-9,17-18,21-24,40-41H,3-5,10-16H2,1-2H3,(H3,34,35)(H4,32,33,37)/t17-,18-,21-,22-,23+,24+/m1/s1. The molecule has 3 heterocycles. The summed E-state index contributed by atoms with van der Waals surface area (Å²) in [6.45, 7) is 5.79. The number of nitrogens with zero attached hydrogens (tertiary/aromatic N) is 4. The van der Waals surface area contributed by atoms with Crippen LogP contribution in [0.25, 0.3) is 0 Å². The van der Waals surface area contributed by atoms with E-state index >= 15 is 0 Å². The van der Waals surface area contributed by atoms with Crippen LogP contribution >= 0.6 is 11.6 Å². The molecule has 2 aliphatic heterocycles. The number of amides is 1. The molecule has 6 atom stereocenters. The highest BCUT2D eigenvalue weighted by molar-refractivity contribution is 6.31. The lowest BCUT2D eigenvalue weighted by Gasteiger charge is -2.39. The number of anilines is 2. The molecule has 1 aromatic heterocycles. The van der Waals surface area contributed by atoms with Crippen LogP contribution in [0.2, 0.25) is 5.15 Å². The third-order valence-electron chi connectivity index (χ3n) is 7.81. The molecule has 2 aliphatic rings. The van der Waals surface area contributed by atoms with Crippen LogP contribution in [0.5, 0.6) is 5.75 Å². The summed E-state index contributed by atoms with van der Waals surface area (Å²) in [7, 11) is 0. The van der Waals surface area contributed by atoms with Gasteiger partial charge in [-0.3, -0.25) is 20.0 Å². The van der Waals surface area contributed by atoms with Gasteiger partial charge in [0.05, 0.1) is 13.2 Å². The molecule has 2 fully saturated rings. The van der Waals surface area contributed by atoms with E-state index in [1.807, 2.05) is 29.2 Å². The minimum absolute atomic E-state index is 0.0966. The lowest BCUT2D eigenvalue weighted by Crippen LogP contribution is -2.54. The van der Waals surface area contributed by atoms with Gasteiger partial charge in [0.1, 0.15) is 36.8 Å². The van der Waals surface area contributed by atoms with E-state index < -0.39 is 48.9 Å². The highest BCUT2D eigenvalue weighted by Crippen LogP contribution is 2.21. The predicted octanol–water partition coefficient (Wildman–Crippen LogP) is 0.578. The zero-order valence-corrected chi connectivity index (χ0v) is 27.3. The molecule has 0 radical (unpaired) electrons. The van der Waals surface area contributed by atoms with Gasteiger partial charge in [-0.15, -0.1) is 0 Å². The van der Waals surface area contributed by atoms with Crippen molar-refractivity contribution >= 4 is 35.1 Å². The second-order valence-corrected chi connectivity index (χ2v) is 11.8. The predicted molar refractivity (Wildman–Crippen MR) is 173 cm³/mol. The summed E-state index contributed by atoms with van der Waals surface area (Å²) in [4.78, 5) is 23.8. The van der Waals surface area contributed by atoms with Gasteiger partial charge in [-0.25, -0.2) is 9.97 Å². The number of aromatic nitrogens is 2. The van der Waals surface area contributed by atoms with Gasteiger partial charge in [0.2, 0.25) is 0 Å². The topological polar surface area (TPSA) is 238 Å². The summed E-state index contributed by atoms with van der Waals surface area (Å²) in [6, 6.07) is 7.71. The van der Waals surface area contributed by atoms with Crippen molar-refractivity contribution in [3.8, 4) is 5.75 Å². The summed E-state index contributed by atoms with van der Waals surface area (Å²) in [5.41, 5.74) is 17.9. The molecule has 0 saturated carbocycles. The van der Waals surface area contributed by atoms with Gasteiger partial charge in [-0.1, -0.05) is 23.7 Å². The molecular weight excluding hydrogens is 636 g/mol. The van der Waals surface area contributed by atoms with Crippen molar-refractivity contribution in [3.05, 3.63) is 40.7 Å². The number of ether oxygens (including phenoxy) is 5. The Kier molecular flexibility index (Phi) is 13.3. The Morgan fingerprint density at radius 1 is 0.979 bits per heavy atom. The summed E-state index contributed by atoms with van der Waals surface area (Å²) >= 11 is 5.90. The number of aryl methyl sites for hydroxylation is 1. The van der Waals surface area contributed by atoms with Crippen molar-refractivity contribution in [3.63, 3.8) is 0 Å². The number of hydrogen-bond donors (Lipinski definition) is 6. The Hall–Kier alpha value is -3.35. The summed E-state index contributed by atoms with van der Waals surface area (Å²) in [5.74, 6) is -0.722. The molecule has 47 heavy (non-hydrogen) atoms. The lowest BCUT2D eigenvalue weighted by atomic mass is 10.1. The molecular formula is C30H45ClN8O8. The van der Waals surface area contributed by atoms with Gasteiger partial charge >= 0.3 is 0 Å². The quantitative estimate of drug-likeness (QED) is 0.0909. The number of aliphatic hydroxyl groups excluding tert-OH is 2. The Morgan fingerprint density at radius 3 is 2.15 bits per heavy atom. The molecule has 0 aliphatic carbocycles. The fourth-order valence-corrected chi connectivity index (χ4v) is 5.36. The van der Waals surface area contributed by atoms with E-state index in [9.17, 15) is 15.0 Å². The van der Waals surface area contributed by atoms with Crippen molar-refractivity contribution in [2.45, 2.75) is 70.1 Å². The second-order valence-electron chi connectivity index (χ2n) is 11.5. The number of nitrogens with two attached hydrogens (primary N) is 3. The number of benzene rings is 1. The Morgan fingerprint density at radius 2 is 1.57 bits per heavy atom. The first-order chi connectivity index (χ1) is 22.4. The normalized spacial score (nSPS) is 24.6. The van der Waals surface area contributed by atoms with Crippen LogP contribution in [0.4, 0.5) is 11.6 Å². The second kappa shape index (κ2) is 17.2. The summed E-state index contributed by atoms with van der Waals surface area (Å²) in [5, 5.41) is 28.5. The number of carbonyl (C=O) groups is 1. The highest BCUT2D eigenvalue weighted by atomic mass is 35.5. The molecule has 260 valence electrons. The van der Waals surface area contributed by atoms with Gasteiger partial charge in [-0.05, 0) is 50.8 Å². The van der Waals surface area contributed by atoms with Gasteiger partial charge in [-0.2, -0.15) is 0 Å². The number of nitrogen functional groups attached to an aromatic ring is 2. The summed E-state index contributed by atoms with van der Waals surface area (Å²) < 4.78 is 28.4. The molecule has 2 aromatic rings. The smallest absolute Gasteiger partial charge is 0.283 e. The van der Waals surface area contributed by atoms with E-state index in [0.717, 1.165) is 16.9 Å². The van der Waals surface area contributed by atoms with Gasteiger partial charge in [0, 0.05) is 26.2 Å². The first kappa shape index (κ1) is 36.5. The molecule has 1 amide bonds. The zero-order chi connectivity index (χ0) is 34.1. The Bertz CT molecular complexity index is 1310. The van der Waals surface area contributed by atoms with Crippen LogP contribution in [0.15, 0.2) is 24.3 Å². The maximum Gasteiger partial charge on any atom is 0.283 e. The number of carbonyl (C=O) groups excluding carboxylic acids is 1. The largest absolute Gasteiger partial charge is 0.492 e. The lowest BCUT2D eigenvalue weighted by molar-refractivity contribution is -0.257. The van der Waals surface area contributed by atoms with Crippen LogP contribution in [-0.2, 0) is 25.4 Å². The van der Waals surface area contributed by atoms with E-state index in [1.165, 1.54) is 0 Å². The van der Waals surface area contributed by atoms with E-state index in [1.54, 1.807) is 13.8 Å². The zero-order valence-electron chi connectivity index (χ0n) is 26.6. The average Bonchev–Trinajstić information content (AvgIpc) is 3.02. The maximum absolute atomic E-state index is 12.9. The molecule has 16 nitrogen and oxygen atoms in total. The molecule has 2 saturated heterocycles. The monoisotopic (exact) mass is 680 g/mol. The summed E-state index contributed by atoms with van der Waals surface area (Å²) in [6.07, 6.45) is -1.33. The third-order valence-corrected chi connectivity index (χ3v) is 8.09. The third kappa shape index (κ3) is 10.6. The maximum atomic E-state index is 12.9. The van der Waals surface area contributed by atoms with Crippen LogP contribution in [0, 0.1) is 5.41 Å². The highest BCUT2D eigenvalue weighted by Gasteiger charge is 2.34. The van der Waals surface area contributed by atoms with Crippen molar-refractivity contribution in [2.75, 3.05) is 57.5 Å². The minimum atomic E-state index is -0.774. The van der Waals surface area contributed by atoms with Crippen molar-refractivity contribution in [1.29, 1.82) is 5.41 Å². The average molecular weight is 681 g/mol. The van der Waals surface area contributed by atoms with Gasteiger partial charge in [0.15, 0.2) is 41.0 Å². The molecule has 1 aromatic carbocycles. The molecule has 0 unspecified atom stereocenters. The minimum Gasteiger partial charge on any atom is -0.492 e. The van der Waals surface area contributed by atoms with Crippen LogP contribution in [0.1, 0.15) is 42.7 Å². The van der Waals surface area contributed by atoms with E-state index in [0.29, 0.717) is 44.8 Å². The number of aliphatic hydroxyl groups is 2. The number of unbranched alkanes of at least 4 members (excludes halogenated alkanes) is 1.